The average molecular weight is 197 g/mol. The second-order valence-corrected chi connectivity index (χ2v) is 3.48. The van der Waals surface area contributed by atoms with Gasteiger partial charge in [-0.3, -0.25) is 0 Å². The maximum Gasteiger partial charge on any atom is 0.0920 e. The summed E-state index contributed by atoms with van der Waals surface area (Å²) in [5.41, 5.74) is 0.801. The molecule has 1 N–H and O–H groups in total. The largest absolute Gasteiger partial charge is 0.387 e. The molecule has 0 aliphatic rings. The van der Waals surface area contributed by atoms with E-state index >= 15 is 0 Å². The van der Waals surface area contributed by atoms with Crippen LogP contribution in [0.5, 0.6) is 0 Å². The van der Waals surface area contributed by atoms with Crippen LogP contribution in [-0.4, -0.2) is 5.11 Å². The number of rotatable bonds is 2. The molecule has 0 radical (unpaired) electrons. The topological polar surface area (TPSA) is 44.0 Å². The highest BCUT2D eigenvalue weighted by Crippen LogP contribution is 2.21. The summed E-state index contributed by atoms with van der Waals surface area (Å²) in [6, 6.07) is 15.7. The molecule has 0 amide bonds. The van der Waals surface area contributed by atoms with E-state index in [0.29, 0.717) is 0 Å². The quantitative estimate of drug-likeness (QED) is 0.804. The number of nitrogens with zero attached hydrogens (tertiary/aromatic N) is 1. The molecule has 0 saturated carbocycles. The normalized spacial score (nSPS) is 12.3. The first kappa shape index (κ1) is 9.70. The van der Waals surface area contributed by atoms with E-state index in [-0.39, 0.29) is 6.42 Å². The Labute approximate surface area is 88.4 Å². The van der Waals surface area contributed by atoms with Crippen molar-refractivity contribution < 1.29 is 5.11 Å². The minimum Gasteiger partial charge on any atom is -0.387 e. The standard InChI is InChI=1S/C13H11NO/c14-8-7-13(15)12-6-5-10-3-1-2-4-11(10)9-12/h1-6,9,13,15H,7H2/t13-/m1/s1. The second-order valence-electron chi connectivity index (χ2n) is 3.48. The van der Waals surface area contributed by atoms with Gasteiger partial charge < -0.3 is 5.11 Å². The van der Waals surface area contributed by atoms with Gasteiger partial charge in [-0.25, -0.2) is 0 Å². The smallest absolute Gasteiger partial charge is 0.0920 e. The first-order valence-corrected chi connectivity index (χ1v) is 4.85. The van der Waals surface area contributed by atoms with Crippen LogP contribution in [0.3, 0.4) is 0 Å². The predicted octanol–water partition coefficient (Wildman–Crippen LogP) is 2.79. The van der Waals surface area contributed by atoms with E-state index in [9.17, 15) is 5.11 Å². The third-order valence-electron chi connectivity index (χ3n) is 2.44. The molecular weight excluding hydrogens is 186 g/mol. The van der Waals surface area contributed by atoms with Gasteiger partial charge in [0.1, 0.15) is 0 Å². The van der Waals surface area contributed by atoms with Crippen LogP contribution in [0.1, 0.15) is 18.1 Å². The molecule has 15 heavy (non-hydrogen) atoms. The zero-order valence-corrected chi connectivity index (χ0v) is 8.22. The van der Waals surface area contributed by atoms with Gasteiger partial charge in [0.2, 0.25) is 0 Å². The van der Waals surface area contributed by atoms with E-state index in [4.69, 9.17) is 5.26 Å². The first-order valence-electron chi connectivity index (χ1n) is 4.85. The fraction of sp³-hybridized carbons (Fsp3) is 0.154. The summed E-state index contributed by atoms with van der Waals surface area (Å²) >= 11 is 0. The van der Waals surface area contributed by atoms with Crippen molar-refractivity contribution >= 4 is 10.8 Å². The van der Waals surface area contributed by atoms with Crippen molar-refractivity contribution in [3.63, 3.8) is 0 Å². The van der Waals surface area contributed by atoms with Crippen LogP contribution in [0.15, 0.2) is 42.5 Å². The fourth-order valence-corrected chi connectivity index (χ4v) is 1.62. The van der Waals surface area contributed by atoms with E-state index in [0.717, 1.165) is 16.3 Å². The summed E-state index contributed by atoms with van der Waals surface area (Å²) in [5, 5.41) is 20.4. The molecule has 0 unspecified atom stereocenters. The highest BCUT2D eigenvalue weighted by Gasteiger charge is 2.06. The molecule has 0 aliphatic heterocycles. The van der Waals surface area contributed by atoms with Gasteiger partial charge in [-0.05, 0) is 22.4 Å². The molecule has 0 saturated heterocycles. The summed E-state index contributed by atoms with van der Waals surface area (Å²) in [7, 11) is 0. The van der Waals surface area contributed by atoms with Gasteiger partial charge >= 0.3 is 0 Å². The average Bonchev–Trinajstić information content (AvgIpc) is 2.29. The lowest BCUT2D eigenvalue weighted by Gasteiger charge is -2.07. The molecule has 1 atom stereocenters. The summed E-state index contributed by atoms with van der Waals surface area (Å²) in [6.07, 6.45) is -0.544. The maximum absolute atomic E-state index is 9.66. The Morgan fingerprint density at radius 3 is 2.60 bits per heavy atom. The maximum atomic E-state index is 9.66. The zero-order valence-electron chi connectivity index (χ0n) is 8.22. The van der Waals surface area contributed by atoms with Crippen molar-refractivity contribution in [3.8, 4) is 6.07 Å². The van der Waals surface area contributed by atoms with E-state index in [1.807, 2.05) is 48.5 Å². The highest BCUT2D eigenvalue weighted by atomic mass is 16.3. The van der Waals surface area contributed by atoms with Gasteiger partial charge in [-0.1, -0.05) is 36.4 Å². The van der Waals surface area contributed by atoms with Crippen molar-refractivity contribution in [3.05, 3.63) is 48.0 Å². The van der Waals surface area contributed by atoms with Gasteiger partial charge in [0.05, 0.1) is 18.6 Å². The third-order valence-corrected chi connectivity index (χ3v) is 2.44. The Balaban J connectivity index is 2.43. The summed E-state index contributed by atoms with van der Waals surface area (Å²) in [6.45, 7) is 0. The third kappa shape index (κ3) is 1.98. The zero-order chi connectivity index (χ0) is 10.7. The number of benzene rings is 2. The van der Waals surface area contributed by atoms with Crippen LogP contribution in [0, 0.1) is 11.3 Å². The highest BCUT2D eigenvalue weighted by molar-refractivity contribution is 5.83. The lowest BCUT2D eigenvalue weighted by Crippen LogP contribution is -1.95. The number of fused-ring (bicyclic) bond motifs is 1. The minimum absolute atomic E-state index is 0.137. The lowest BCUT2D eigenvalue weighted by molar-refractivity contribution is 0.183. The molecule has 0 spiro atoms. The van der Waals surface area contributed by atoms with Crippen LogP contribution in [0.25, 0.3) is 10.8 Å². The molecule has 2 heteroatoms. The summed E-state index contributed by atoms with van der Waals surface area (Å²) in [4.78, 5) is 0. The van der Waals surface area contributed by atoms with Crippen LogP contribution in [0.2, 0.25) is 0 Å². The monoisotopic (exact) mass is 197 g/mol. The fourth-order valence-electron chi connectivity index (χ4n) is 1.62. The number of aliphatic hydroxyl groups excluding tert-OH is 1. The van der Waals surface area contributed by atoms with E-state index in [2.05, 4.69) is 0 Å². The van der Waals surface area contributed by atoms with Crippen LogP contribution < -0.4 is 0 Å². The van der Waals surface area contributed by atoms with E-state index < -0.39 is 6.10 Å². The molecule has 0 fully saturated rings. The van der Waals surface area contributed by atoms with Gasteiger partial charge in [0, 0.05) is 0 Å². The SMILES string of the molecule is N#CC[C@@H](O)c1ccc2ccccc2c1. The summed E-state index contributed by atoms with van der Waals surface area (Å²) in [5.74, 6) is 0. The molecule has 0 aliphatic carbocycles. The van der Waals surface area contributed by atoms with Crippen molar-refractivity contribution in [1.29, 1.82) is 5.26 Å². The van der Waals surface area contributed by atoms with E-state index in [1.165, 1.54) is 0 Å². The molecule has 2 rings (SSSR count). The second kappa shape index (κ2) is 4.12. The molecule has 0 bridgehead atoms. The minimum atomic E-state index is -0.681. The Bertz CT molecular complexity index is 513. The predicted molar refractivity (Wildman–Crippen MR) is 59.1 cm³/mol. The number of hydrogen-bond donors (Lipinski definition) is 1. The molecular formula is C13H11NO. The molecule has 2 nitrogen and oxygen atoms in total. The molecule has 2 aromatic rings. The number of nitriles is 1. The number of hydrogen-bond acceptors (Lipinski definition) is 2. The Hall–Kier alpha value is -1.85. The Kier molecular flexibility index (Phi) is 2.66. The van der Waals surface area contributed by atoms with Crippen molar-refractivity contribution in [2.24, 2.45) is 0 Å². The first-order chi connectivity index (χ1) is 7.31. The van der Waals surface area contributed by atoms with Gasteiger partial charge in [0.15, 0.2) is 0 Å². The van der Waals surface area contributed by atoms with Gasteiger partial charge in [-0.15, -0.1) is 0 Å². The number of aliphatic hydroxyl groups is 1. The van der Waals surface area contributed by atoms with Crippen molar-refractivity contribution in [1.82, 2.24) is 0 Å². The molecule has 0 aromatic heterocycles. The van der Waals surface area contributed by atoms with Crippen molar-refractivity contribution in [2.75, 3.05) is 0 Å². The molecule has 2 aromatic carbocycles. The summed E-state index contributed by atoms with van der Waals surface area (Å²) < 4.78 is 0. The van der Waals surface area contributed by atoms with Crippen LogP contribution in [0.4, 0.5) is 0 Å². The molecule has 0 heterocycles. The van der Waals surface area contributed by atoms with Crippen LogP contribution >= 0.6 is 0 Å². The lowest BCUT2D eigenvalue weighted by atomic mass is 10.0. The van der Waals surface area contributed by atoms with Gasteiger partial charge in [0.25, 0.3) is 0 Å². The van der Waals surface area contributed by atoms with E-state index in [1.54, 1.807) is 0 Å². The Morgan fingerprint density at radius 1 is 1.13 bits per heavy atom. The van der Waals surface area contributed by atoms with Crippen molar-refractivity contribution in [2.45, 2.75) is 12.5 Å². The van der Waals surface area contributed by atoms with Gasteiger partial charge in [-0.2, -0.15) is 5.26 Å². The molecule has 74 valence electrons. The van der Waals surface area contributed by atoms with Crippen LogP contribution in [-0.2, 0) is 0 Å². The Morgan fingerprint density at radius 2 is 1.87 bits per heavy atom.